The van der Waals surface area contributed by atoms with Crippen LogP contribution >= 0.6 is 0 Å². The molecular formula is C17H23N3O3. The quantitative estimate of drug-likeness (QED) is 0.813. The zero-order valence-corrected chi connectivity index (χ0v) is 13.7. The summed E-state index contributed by atoms with van der Waals surface area (Å²) >= 11 is 0. The molecule has 3 rings (SSSR count). The lowest BCUT2D eigenvalue weighted by Gasteiger charge is -2.25. The fourth-order valence-electron chi connectivity index (χ4n) is 4.02. The highest BCUT2D eigenvalue weighted by molar-refractivity contribution is 5.87. The van der Waals surface area contributed by atoms with Crippen molar-refractivity contribution in [3.05, 3.63) is 29.6 Å². The zero-order valence-electron chi connectivity index (χ0n) is 13.7. The highest BCUT2D eigenvalue weighted by atomic mass is 16.4. The second-order valence-corrected chi connectivity index (χ2v) is 6.59. The van der Waals surface area contributed by atoms with Gasteiger partial charge in [-0.3, -0.25) is 14.3 Å². The molecule has 0 spiro atoms. The Morgan fingerprint density at radius 3 is 2.61 bits per heavy atom. The highest BCUT2D eigenvalue weighted by Gasteiger charge is 2.51. The summed E-state index contributed by atoms with van der Waals surface area (Å²) in [6.07, 6.45) is 6.66. The Morgan fingerprint density at radius 2 is 2.04 bits per heavy atom. The first kappa shape index (κ1) is 15.8. The number of carbonyl (C=O) groups excluding carboxylic acids is 1. The second-order valence-electron chi connectivity index (χ2n) is 6.59. The molecule has 1 aromatic heterocycles. The van der Waals surface area contributed by atoms with Gasteiger partial charge >= 0.3 is 5.97 Å². The maximum absolute atomic E-state index is 12.7. The lowest BCUT2D eigenvalue weighted by molar-refractivity contribution is -0.148. The molecule has 2 bridgehead atoms. The van der Waals surface area contributed by atoms with E-state index in [0.717, 1.165) is 24.2 Å². The minimum Gasteiger partial charge on any atom is -0.481 e. The van der Waals surface area contributed by atoms with Crippen molar-refractivity contribution in [3.63, 3.8) is 0 Å². The number of aryl methyl sites for hydroxylation is 2. The van der Waals surface area contributed by atoms with E-state index in [2.05, 4.69) is 10.4 Å². The third kappa shape index (κ3) is 2.66. The van der Waals surface area contributed by atoms with Gasteiger partial charge in [0.2, 0.25) is 5.91 Å². The molecule has 6 nitrogen and oxygen atoms in total. The van der Waals surface area contributed by atoms with Crippen LogP contribution in [0.5, 0.6) is 0 Å². The number of hydrogen-bond acceptors (Lipinski definition) is 3. The number of aliphatic carboxylic acids is 1. The number of aromatic nitrogens is 2. The fourth-order valence-corrected chi connectivity index (χ4v) is 4.02. The topological polar surface area (TPSA) is 84.2 Å². The van der Waals surface area contributed by atoms with Crippen molar-refractivity contribution in [2.24, 2.45) is 23.7 Å². The number of allylic oxidation sites excluding steroid dienone is 2. The van der Waals surface area contributed by atoms with Gasteiger partial charge in [-0.05, 0) is 39.0 Å². The van der Waals surface area contributed by atoms with Crippen molar-refractivity contribution < 1.29 is 14.7 Å². The number of nitrogens with one attached hydrogen (secondary N) is 1. The number of amides is 1. The van der Waals surface area contributed by atoms with E-state index < -0.39 is 17.8 Å². The van der Waals surface area contributed by atoms with Crippen LogP contribution in [0, 0.1) is 30.6 Å². The Labute approximate surface area is 135 Å². The molecule has 1 saturated carbocycles. The average molecular weight is 317 g/mol. The van der Waals surface area contributed by atoms with E-state index >= 15 is 0 Å². The second kappa shape index (κ2) is 5.83. The largest absolute Gasteiger partial charge is 0.481 e. The normalized spacial score (nSPS) is 29.7. The predicted octanol–water partition coefficient (Wildman–Crippen LogP) is 1.91. The molecule has 6 heteroatoms. The molecule has 0 unspecified atom stereocenters. The van der Waals surface area contributed by atoms with Gasteiger partial charge in [-0.2, -0.15) is 5.10 Å². The lowest BCUT2D eigenvalue weighted by Crippen LogP contribution is -2.41. The third-order valence-electron chi connectivity index (χ3n) is 5.18. The van der Waals surface area contributed by atoms with Crippen LogP contribution in [0.1, 0.15) is 37.6 Å². The van der Waals surface area contributed by atoms with E-state index in [1.165, 1.54) is 0 Å². The van der Waals surface area contributed by atoms with Crippen LogP contribution in [0.2, 0.25) is 0 Å². The van der Waals surface area contributed by atoms with Gasteiger partial charge in [0.25, 0.3) is 0 Å². The van der Waals surface area contributed by atoms with E-state index in [1.54, 1.807) is 0 Å². The van der Waals surface area contributed by atoms with Gasteiger partial charge in [0.1, 0.15) is 0 Å². The number of hydrogen-bond donors (Lipinski definition) is 2. The Balaban J connectivity index is 1.74. The summed E-state index contributed by atoms with van der Waals surface area (Å²) < 4.78 is 1.84. The zero-order chi connectivity index (χ0) is 16.7. The van der Waals surface area contributed by atoms with Crippen LogP contribution in [-0.2, 0) is 16.1 Å². The number of rotatable bonds is 5. The third-order valence-corrected chi connectivity index (χ3v) is 5.18. The van der Waals surface area contributed by atoms with Gasteiger partial charge in [-0.1, -0.05) is 12.2 Å². The van der Waals surface area contributed by atoms with E-state index in [0.29, 0.717) is 0 Å². The maximum atomic E-state index is 12.7. The molecule has 5 atom stereocenters. The smallest absolute Gasteiger partial charge is 0.307 e. The van der Waals surface area contributed by atoms with E-state index in [1.807, 2.05) is 43.8 Å². The molecule has 1 heterocycles. The SMILES string of the molecule is CCn1cc([C@H](C)NC(=O)[C@H]2[C@@H](C(=O)O)[C@H]3C=C[C@H]2C3)c(C)n1. The molecule has 2 aliphatic carbocycles. The van der Waals surface area contributed by atoms with E-state index in [9.17, 15) is 14.7 Å². The standard InChI is InChI=1S/C17H23N3O3/c1-4-20-8-13(10(3)19-20)9(2)18-16(21)14-11-5-6-12(7-11)15(14)17(22)23/h5-6,8-9,11-12,14-15H,4,7H2,1-3H3,(H,18,21)(H,22,23)/t9-,11-,12-,14+,15-/m0/s1. The molecule has 2 aliphatic rings. The Bertz CT molecular complexity index is 664. The summed E-state index contributed by atoms with van der Waals surface area (Å²) in [5.74, 6) is -2.06. The minimum absolute atomic E-state index is 0.00636. The van der Waals surface area contributed by atoms with Gasteiger partial charge in [0, 0.05) is 18.3 Å². The minimum atomic E-state index is -0.871. The summed E-state index contributed by atoms with van der Waals surface area (Å²) in [6.45, 7) is 6.63. The summed E-state index contributed by atoms with van der Waals surface area (Å²) in [4.78, 5) is 24.2. The van der Waals surface area contributed by atoms with Gasteiger partial charge in [0.15, 0.2) is 0 Å². The first-order chi connectivity index (χ1) is 10.9. The first-order valence-corrected chi connectivity index (χ1v) is 8.17. The molecule has 124 valence electrons. The van der Waals surface area contributed by atoms with Crippen LogP contribution < -0.4 is 5.32 Å². The lowest BCUT2D eigenvalue weighted by atomic mass is 9.82. The Morgan fingerprint density at radius 1 is 1.39 bits per heavy atom. The Hall–Kier alpha value is -2.11. The first-order valence-electron chi connectivity index (χ1n) is 8.17. The van der Waals surface area contributed by atoms with Gasteiger partial charge < -0.3 is 10.4 Å². The summed E-state index contributed by atoms with van der Waals surface area (Å²) in [5, 5.41) is 16.9. The summed E-state index contributed by atoms with van der Waals surface area (Å²) in [5.41, 5.74) is 1.87. The van der Waals surface area contributed by atoms with E-state index in [4.69, 9.17) is 0 Å². The molecular weight excluding hydrogens is 294 g/mol. The molecule has 0 aliphatic heterocycles. The molecule has 0 radical (unpaired) electrons. The molecule has 2 N–H and O–H groups in total. The predicted molar refractivity (Wildman–Crippen MR) is 84.5 cm³/mol. The molecule has 0 aromatic carbocycles. The van der Waals surface area contributed by atoms with Gasteiger partial charge in [-0.15, -0.1) is 0 Å². The van der Waals surface area contributed by atoms with Crippen LogP contribution in [-0.4, -0.2) is 26.8 Å². The molecule has 1 amide bonds. The number of fused-ring (bicyclic) bond motifs is 2. The number of nitrogens with zero attached hydrogens (tertiary/aromatic N) is 2. The molecule has 0 saturated heterocycles. The van der Waals surface area contributed by atoms with Crippen molar-refractivity contribution in [1.29, 1.82) is 0 Å². The van der Waals surface area contributed by atoms with Crippen molar-refractivity contribution in [2.45, 2.75) is 39.8 Å². The average Bonchev–Trinajstić information content (AvgIpc) is 3.19. The molecule has 23 heavy (non-hydrogen) atoms. The number of carbonyl (C=O) groups is 2. The molecule has 1 aromatic rings. The van der Waals surface area contributed by atoms with Gasteiger partial charge in [0.05, 0.1) is 23.6 Å². The van der Waals surface area contributed by atoms with Crippen LogP contribution in [0.4, 0.5) is 0 Å². The summed E-state index contributed by atoms with van der Waals surface area (Å²) in [6, 6.07) is -0.180. The van der Waals surface area contributed by atoms with Crippen molar-refractivity contribution in [3.8, 4) is 0 Å². The van der Waals surface area contributed by atoms with Crippen LogP contribution in [0.15, 0.2) is 18.3 Å². The van der Waals surface area contributed by atoms with Crippen molar-refractivity contribution >= 4 is 11.9 Å². The summed E-state index contributed by atoms with van der Waals surface area (Å²) in [7, 11) is 0. The van der Waals surface area contributed by atoms with Crippen molar-refractivity contribution in [1.82, 2.24) is 15.1 Å². The number of carboxylic acid groups (broad SMARTS) is 1. The van der Waals surface area contributed by atoms with Crippen molar-refractivity contribution in [2.75, 3.05) is 0 Å². The highest BCUT2D eigenvalue weighted by Crippen LogP contribution is 2.48. The van der Waals surface area contributed by atoms with Gasteiger partial charge in [-0.25, -0.2) is 0 Å². The Kier molecular flexibility index (Phi) is 4.00. The molecule has 1 fully saturated rings. The van der Waals surface area contributed by atoms with E-state index in [-0.39, 0.29) is 23.8 Å². The fraction of sp³-hybridized carbons (Fsp3) is 0.588. The maximum Gasteiger partial charge on any atom is 0.307 e. The van der Waals surface area contributed by atoms with Crippen LogP contribution in [0.25, 0.3) is 0 Å². The monoisotopic (exact) mass is 317 g/mol. The van der Waals surface area contributed by atoms with Crippen LogP contribution in [0.3, 0.4) is 0 Å². The number of carboxylic acids is 1.